The summed E-state index contributed by atoms with van der Waals surface area (Å²) in [6.45, 7) is 5.47. The van der Waals surface area contributed by atoms with Gasteiger partial charge in [-0.05, 0) is 56.7 Å². The topological polar surface area (TPSA) is 44.8 Å². The molecule has 0 heterocycles. The molecule has 3 aromatic rings. The Kier molecular flexibility index (Phi) is 7.62. The Morgan fingerprint density at radius 2 is 1.27 bits per heavy atom. The average molecular weight is 422 g/mol. The van der Waals surface area contributed by atoms with E-state index in [1.54, 1.807) is 0 Å². The Bertz CT molecular complexity index is 879. The number of hydrogen-bond donors (Lipinski definition) is 0. The fourth-order valence-electron chi connectivity index (χ4n) is 2.75. The van der Waals surface area contributed by atoms with Crippen molar-refractivity contribution in [3.05, 3.63) is 84.9 Å². The van der Waals surface area contributed by atoms with Crippen LogP contribution >= 0.6 is 7.92 Å². The van der Waals surface area contributed by atoms with Gasteiger partial charge in [-0.3, -0.25) is 0 Å². The van der Waals surface area contributed by atoms with E-state index < -0.39 is 13.9 Å². The molecule has 3 aromatic carbocycles. The van der Waals surface area contributed by atoms with Crippen LogP contribution in [-0.2, 0) is 14.3 Å². The molecule has 4 nitrogen and oxygen atoms in total. The highest BCUT2D eigenvalue weighted by molar-refractivity contribution is 7.79. The van der Waals surface area contributed by atoms with E-state index in [0.29, 0.717) is 5.75 Å². The van der Waals surface area contributed by atoms with E-state index in [2.05, 4.69) is 60.7 Å². The van der Waals surface area contributed by atoms with Crippen molar-refractivity contribution in [1.82, 2.24) is 0 Å². The van der Waals surface area contributed by atoms with Gasteiger partial charge >= 0.3 is 5.97 Å². The molecule has 0 N–H and O–H groups in total. The highest BCUT2D eigenvalue weighted by Gasteiger charge is 2.16. The second-order valence-electron chi connectivity index (χ2n) is 7.68. The summed E-state index contributed by atoms with van der Waals surface area (Å²) in [5, 5.41) is 3.79. The van der Waals surface area contributed by atoms with Gasteiger partial charge in [0.1, 0.15) is 5.75 Å². The molecule has 0 radical (unpaired) electrons. The van der Waals surface area contributed by atoms with Gasteiger partial charge < -0.3 is 14.2 Å². The Morgan fingerprint density at radius 3 is 1.77 bits per heavy atom. The summed E-state index contributed by atoms with van der Waals surface area (Å²) in [6, 6.07) is 28.9. The molecule has 0 amide bonds. The Labute approximate surface area is 179 Å². The number of carbonyl (C=O) groups excluding carboxylic acids is 1. The van der Waals surface area contributed by atoms with E-state index in [1.807, 2.05) is 45.0 Å². The average Bonchev–Trinajstić information content (AvgIpc) is 2.74. The highest BCUT2D eigenvalue weighted by Crippen LogP contribution is 2.33. The minimum atomic E-state index is -0.663. The minimum Gasteiger partial charge on any atom is -0.482 e. The predicted molar refractivity (Wildman–Crippen MR) is 122 cm³/mol. The fourth-order valence-corrected chi connectivity index (χ4v) is 5.03. The van der Waals surface area contributed by atoms with E-state index in [0.717, 1.165) is 0 Å². The molecular formula is C25H27O4P. The van der Waals surface area contributed by atoms with Crippen molar-refractivity contribution in [2.75, 3.05) is 13.4 Å². The summed E-state index contributed by atoms with van der Waals surface area (Å²) < 4.78 is 16.0. The first-order valence-corrected chi connectivity index (χ1v) is 11.2. The van der Waals surface area contributed by atoms with Crippen molar-refractivity contribution in [2.45, 2.75) is 26.4 Å². The number of carbonyl (C=O) groups is 1. The molecule has 0 spiro atoms. The van der Waals surface area contributed by atoms with Crippen LogP contribution in [0.4, 0.5) is 0 Å². The summed E-state index contributed by atoms with van der Waals surface area (Å²) >= 11 is 0. The van der Waals surface area contributed by atoms with Crippen molar-refractivity contribution >= 4 is 29.8 Å². The molecule has 0 aliphatic heterocycles. The van der Waals surface area contributed by atoms with Crippen LogP contribution in [0.5, 0.6) is 5.75 Å². The van der Waals surface area contributed by atoms with Crippen LogP contribution in [0.2, 0.25) is 0 Å². The third kappa shape index (κ3) is 6.69. The predicted octanol–water partition coefficient (Wildman–Crippen LogP) is 4.14. The van der Waals surface area contributed by atoms with E-state index in [1.165, 1.54) is 15.9 Å². The molecule has 156 valence electrons. The summed E-state index contributed by atoms with van der Waals surface area (Å²) in [5.74, 6) is 0.169. The van der Waals surface area contributed by atoms with Crippen LogP contribution in [-0.4, -0.2) is 25.0 Å². The molecular weight excluding hydrogens is 395 g/mol. The van der Waals surface area contributed by atoms with Gasteiger partial charge in [-0.25, -0.2) is 4.79 Å². The van der Waals surface area contributed by atoms with E-state index in [-0.39, 0.29) is 19.0 Å². The standard InChI is InChI=1S/C25H27O4P/c1-25(2,3)29-19-28-24(26)18-27-20-14-16-23(17-15-20)30(21-10-6-4-7-11-21)22-12-8-5-9-13-22/h4-17H,18-19H2,1-3H3. The van der Waals surface area contributed by atoms with E-state index in [4.69, 9.17) is 14.2 Å². The summed E-state index contributed by atoms with van der Waals surface area (Å²) in [7, 11) is -0.663. The Hall–Kier alpha value is -2.68. The minimum absolute atomic E-state index is 0.0803. The van der Waals surface area contributed by atoms with Crippen molar-refractivity contribution in [2.24, 2.45) is 0 Å². The lowest BCUT2D eigenvalue weighted by atomic mass is 10.2. The van der Waals surface area contributed by atoms with Crippen LogP contribution in [0.3, 0.4) is 0 Å². The smallest absolute Gasteiger partial charge is 0.346 e. The van der Waals surface area contributed by atoms with Gasteiger partial charge in [0.15, 0.2) is 13.4 Å². The lowest BCUT2D eigenvalue weighted by molar-refractivity contribution is -0.169. The molecule has 0 aliphatic rings. The van der Waals surface area contributed by atoms with Gasteiger partial charge in [-0.1, -0.05) is 72.8 Å². The number of benzene rings is 3. The van der Waals surface area contributed by atoms with Crippen LogP contribution < -0.4 is 20.7 Å². The molecule has 0 saturated heterocycles. The zero-order valence-electron chi connectivity index (χ0n) is 17.6. The van der Waals surface area contributed by atoms with Crippen LogP contribution in [0, 0.1) is 0 Å². The molecule has 5 heteroatoms. The number of hydrogen-bond acceptors (Lipinski definition) is 4. The zero-order valence-corrected chi connectivity index (χ0v) is 18.5. The van der Waals surface area contributed by atoms with Gasteiger partial charge in [-0.15, -0.1) is 0 Å². The Balaban J connectivity index is 1.65. The molecule has 0 aliphatic carbocycles. The SMILES string of the molecule is CC(C)(C)OCOC(=O)COc1ccc(P(c2ccccc2)c2ccccc2)cc1. The molecule has 0 saturated carbocycles. The maximum absolute atomic E-state index is 11.8. The maximum atomic E-state index is 11.8. The third-order valence-electron chi connectivity index (χ3n) is 4.19. The number of esters is 1. The first-order valence-electron chi connectivity index (χ1n) is 9.85. The number of rotatable bonds is 8. The van der Waals surface area contributed by atoms with Gasteiger partial charge in [0.25, 0.3) is 0 Å². The second kappa shape index (κ2) is 10.4. The lowest BCUT2D eigenvalue weighted by Gasteiger charge is -2.20. The summed E-state index contributed by atoms with van der Waals surface area (Å²) in [4.78, 5) is 11.8. The molecule has 30 heavy (non-hydrogen) atoms. The van der Waals surface area contributed by atoms with Crippen molar-refractivity contribution in [3.63, 3.8) is 0 Å². The molecule has 0 atom stereocenters. The van der Waals surface area contributed by atoms with Gasteiger partial charge in [0.05, 0.1) is 5.60 Å². The third-order valence-corrected chi connectivity index (χ3v) is 6.64. The largest absolute Gasteiger partial charge is 0.482 e. The van der Waals surface area contributed by atoms with Gasteiger partial charge in [-0.2, -0.15) is 0 Å². The number of ether oxygens (including phenoxy) is 3. The first-order chi connectivity index (χ1) is 14.4. The molecule has 3 rings (SSSR count). The first kappa shape index (κ1) is 22.0. The normalized spacial score (nSPS) is 11.3. The van der Waals surface area contributed by atoms with Crippen molar-refractivity contribution < 1.29 is 19.0 Å². The molecule has 0 bridgehead atoms. The van der Waals surface area contributed by atoms with E-state index >= 15 is 0 Å². The van der Waals surface area contributed by atoms with Crippen molar-refractivity contribution in [3.8, 4) is 5.75 Å². The maximum Gasteiger partial charge on any atom is 0.346 e. The highest BCUT2D eigenvalue weighted by atomic mass is 31.1. The molecule has 0 aromatic heterocycles. The monoisotopic (exact) mass is 422 g/mol. The zero-order chi connectivity index (χ0) is 21.4. The quantitative estimate of drug-likeness (QED) is 0.311. The van der Waals surface area contributed by atoms with Gasteiger partial charge in [0, 0.05) is 0 Å². The molecule has 0 unspecified atom stereocenters. The summed E-state index contributed by atoms with van der Waals surface area (Å²) in [5.41, 5.74) is -0.354. The molecule has 0 fully saturated rings. The fraction of sp³-hybridized carbons (Fsp3) is 0.240. The lowest BCUT2D eigenvalue weighted by Crippen LogP contribution is -2.24. The van der Waals surface area contributed by atoms with Crippen LogP contribution in [0.15, 0.2) is 84.9 Å². The van der Waals surface area contributed by atoms with Crippen LogP contribution in [0.1, 0.15) is 20.8 Å². The van der Waals surface area contributed by atoms with E-state index in [9.17, 15) is 4.79 Å². The summed E-state index contributed by atoms with van der Waals surface area (Å²) in [6.07, 6.45) is 0. The second-order valence-corrected chi connectivity index (χ2v) is 9.90. The van der Waals surface area contributed by atoms with Crippen LogP contribution in [0.25, 0.3) is 0 Å². The Morgan fingerprint density at radius 1 is 0.767 bits per heavy atom. The van der Waals surface area contributed by atoms with Crippen molar-refractivity contribution in [1.29, 1.82) is 0 Å². The van der Waals surface area contributed by atoms with Gasteiger partial charge in [0.2, 0.25) is 0 Å².